The number of ether oxygens (including phenoxy) is 1. The van der Waals surface area contributed by atoms with Gasteiger partial charge in [-0.05, 0) is 38.5 Å². The van der Waals surface area contributed by atoms with Crippen LogP contribution in [0.15, 0.2) is 36.4 Å². The fourth-order valence-electron chi connectivity index (χ4n) is 3.90. The maximum atomic E-state index is 11.2. The first-order valence-electron chi connectivity index (χ1n) is 8.18. The van der Waals surface area contributed by atoms with E-state index in [2.05, 4.69) is 0 Å². The second-order valence-corrected chi connectivity index (χ2v) is 7.30. The molecule has 2 heterocycles. The molecule has 134 valence electrons. The Morgan fingerprint density at radius 3 is 2.27 bits per heavy atom. The number of non-ortho nitro benzene ring substituents is 2. The zero-order valence-electron chi connectivity index (χ0n) is 14.6. The third-order valence-corrected chi connectivity index (χ3v) is 5.72. The molecule has 0 aliphatic carbocycles. The Balaban J connectivity index is 1.87. The zero-order valence-corrected chi connectivity index (χ0v) is 14.6. The molecule has 2 aromatic carbocycles. The summed E-state index contributed by atoms with van der Waals surface area (Å²) in [6, 6.07) is 9.37. The summed E-state index contributed by atoms with van der Waals surface area (Å²) in [4.78, 5) is 23.4. The molecule has 1 atom stereocenters. The molecule has 1 unspecified atom stereocenters. The average Bonchev–Trinajstić information content (AvgIpc) is 2.75. The number of nitrogens with zero attached hydrogens (tertiary/aromatic N) is 3. The second kappa shape index (κ2) is 4.94. The number of anilines is 1. The standard InChI is InChI=1S/C18H17N3O5/c1-17(2)14-9-13(21(24)25)4-6-15(14)19-10-11-8-12(20(22)23)5-7-16(11)26-18(17,19)3/h4-9H,10H2,1-3H3. The number of nitro groups is 2. The van der Waals surface area contributed by atoms with Crippen molar-refractivity contribution < 1.29 is 14.6 Å². The molecule has 0 bridgehead atoms. The summed E-state index contributed by atoms with van der Waals surface area (Å²) in [5.41, 5.74) is 1.17. The maximum Gasteiger partial charge on any atom is 0.270 e. The first-order valence-corrected chi connectivity index (χ1v) is 8.18. The van der Waals surface area contributed by atoms with E-state index < -0.39 is 21.0 Å². The van der Waals surface area contributed by atoms with Crippen molar-refractivity contribution in [1.29, 1.82) is 0 Å². The smallest absolute Gasteiger partial charge is 0.270 e. The largest absolute Gasteiger partial charge is 0.467 e. The molecule has 0 radical (unpaired) electrons. The average molecular weight is 355 g/mol. The number of hydrogen-bond donors (Lipinski definition) is 0. The topological polar surface area (TPSA) is 98.8 Å². The summed E-state index contributed by atoms with van der Waals surface area (Å²) >= 11 is 0. The van der Waals surface area contributed by atoms with Crippen molar-refractivity contribution in [2.75, 3.05) is 4.90 Å². The minimum atomic E-state index is -0.756. The van der Waals surface area contributed by atoms with Crippen molar-refractivity contribution in [2.45, 2.75) is 38.5 Å². The minimum Gasteiger partial charge on any atom is -0.467 e. The first kappa shape index (κ1) is 16.3. The van der Waals surface area contributed by atoms with Gasteiger partial charge in [0.2, 0.25) is 0 Å². The van der Waals surface area contributed by atoms with Crippen molar-refractivity contribution >= 4 is 17.1 Å². The lowest BCUT2D eigenvalue weighted by Gasteiger charge is -2.48. The Kier molecular flexibility index (Phi) is 3.10. The Bertz CT molecular complexity index is 971. The fourth-order valence-corrected chi connectivity index (χ4v) is 3.90. The highest BCUT2D eigenvalue weighted by atomic mass is 16.6. The number of nitro benzene ring substituents is 2. The van der Waals surface area contributed by atoms with Crippen LogP contribution >= 0.6 is 0 Å². The fraction of sp³-hybridized carbons (Fsp3) is 0.333. The van der Waals surface area contributed by atoms with Crippen molar-refractivity contribution in [3.05, 3.63) is 67.8 Å². The third kappa shape index (κ3) is 1.95. The van der Waals surface area contributed by atoms with E-state index in [0.29, 0.717) is 12.3 Å². The normalized spacial score (nSPS) is 22.0. The predicted molar refractivity (Wildman–Crippen MR) is 94.4 cm³/mol. The van der Waals surface area contributed by atoms with Gasteiger partial charge < -0.3 is 9.64 Å². The maximum absolute atomic E-state index is 11.2. The van der Waals surface area contributed by atoms with E-state index in [4.69, 9.17) is 4.74 Å². The van der Waals surface area contributed by atoms with Crippen LogP contribution in [0.3, 0.4) is 0 Å². The molecule has 8 nitrogen and oxygen atoms in total. The van der Waals surface area contributed by atoms with Gasteiger partial charge >= 0.3 is 0 Å². The van der Waals surface area contributed by atoms with E-state index in [-0.39, 0.29) is 11.4 Å². The van der Waals surface area contributed by atoms with Crippen LogP contribution in [0.4, 0.5) is 17.1 Å². The summed E-state index contributed by atoms with van der Waals surface area (Å²) in [6.45, 7) is 6.36. The van der Waals surface area contributed by atoms with Gasteiger partial charge in [0.15, 0.2) is 5.72 Å². The van der Waals surface area contributed by atoms with Gasteiger partial charge in [-0.15, -0.1) is 0 Å². The molecule has 2 aliphatic rings. The molecule has 2 aliphatic heterocycles. The van der Waals surface area contributed by atoms with E-state index in [1.165, 1.54) is 18.2 Å². The van der Waals surface area contributed by atoms with Crippen LogP contribution in [0.25, 0.3) is 0 Å². The minimum absolute atomic E-state index is 0.0123. The SMILES string of the molecule is CC1(C)c2cc([N+](=O)[O-])ccc2N2Cc3cc([N+](=O)[O-])ccc3OC21C. The number of hydrogen-bond acceptors (Lipinski definition) is 6. The number of benzene rings is 2. The van der Waals surface area contributed by atoms with Crippen LogP contribution in [-0.2, 0) is 12.0 Å². The summed E-state index contributed by atoms with van der Waals surface area (Å²) in [6.07, 6.45) is 0. The van der Waals surface area contributed by atoms with Crippen molar-refractivity contribution in [3.63, 3.8) is 0 Å². The van der Waals surface area contributed by atoms with Crippen LogP contribution in [0.2, 0.25) is 0 Å². The molecular formula is C18H17N3O5. The Hall–Kier alpha value is -3.16. The van der Waals surface area contributed by atoms with E-state index in [1.54, 1.807) is 18.2 Å². The number of fused-ring (bicyclic) bond motifs is 4. The molecule has 4 rings (SSSR count). The summed E-state index contributed by atoms with van der Waals surface area (Å²) in [5, 5.41) is 22.3. The highest BCUT2D eigenvalue weighted by Crippen LogP contribution is 2.56. The Morgan fingerprint density at radius 2 is 1.62 bits per heavy atom. The molecule has 0 spiro atoms. The Labute approximate surface area is 149 Å². The van der Waals surface area contributed by atoms with Gasteiger partial charge in [-0.3, -0.25) is 20.2 Å². The van der Waals surface area contributed by atoms with E-state index in [9.17, 15) is 20.2 Å². The lowest BCUT2D eigenvalue weighted by atomic mass is 9.78. The molecular weight excluding hydrogens is 338 g/mol. The highest BCUT2D eigenvalue weighted by molar-refractivity contribution is 5.70. The van der Waals surface area contributed by atoms with Gasteiger partial charge in [-0.2, -0.15) is 0 Å². The van der Waals surface area contributed by atoms with Crippen LogP contribution in [-0.4, -0.2) is 15.6 Å². The Morgan fingerprint density at radius 1 is 1.00 bits per heavy atom. The summed E-state index contributed by atoms with van der Waals surface area (Å²) in [5.74, 6) is 0.602. The lowest BCUT2D eigenvalue weighted by Crippen LogP contribution is -2.59. The number of rotatable bonds is 2. The predicted octanol–water partition coefficient (Wildman–Crippen LogP) is 3.91. The van der Waals surface area contributed by atoms with E-state index in [0.717, 1.165) is 16.8 Å². The van der Waals surface area contributed by atoms with Crippen molar-refractivity contribution in [2.24, 2.45) is 0 Å². The molecule has 8 heteroatoms. The van der Waals surface area contributed by atoms with Gasteiger partial charge in [-0.25, -0.2) is 0 Å². The quantitative estimate of drug-likeness (QED) is 0.598. The van der Waals surface area contributed by atoms with Crippen molar-refractivity contribution in [1.82, 2.24) is 0 Å². The molecule has 0 saturated heterocycles. The van der Waals surface area contributed by atoms with Crippen LogP contribution in [0, 0.1) is 20.2 Å². The summed E-state index contributed by atoms with van der Waals surface area (Å²) < 4.78 is 6.31. The van der Waals surface area contributed by atoms with E-state index >= 15 is 0 Å². The molecule has 0 fully saturated rings. The van der Waals surface area contributed by atoms with Crippen LogP contribution in [0.5, 0.6) is 5.75 Å². The monoisotopic (exact) mass is 355 g/mol. The second-order valence-electron chi connectivity index (χ2n) is 7.30. The zero-order chi connectivity index (χ0) is 18.9. The third-order valence-electron chi connectivity index (χ3n) is 5.72. The molecule has 0 amide bonds. The molecule has 0 N–H and O–H groups in total. The van der Waals surface area contributed by atoms with Gasteiger partial charge in [0, 0.05) is 35.5 Å². The summed E-state index contributed by atoms with van der Waals surface area (Å²) in [7, 11) is 0. The van der Waals surface area contributed by atoms with Crippen molar-refractivity contribution in [3.8, 4) is 5.75 Å². The van der Waals surface area contributed by atoms with Gasteiger partial charge in [0.05, 0.1) is 21.8 Å². The van der Waals surface area contributed by atoms with E-state index in [1.807, 2.05) is 25.7 Å². The first-order chi connectivity index (χ1) is 12.1. The molecule has 2 aromatic rings. The molecule has 0 saturated carbocycles. The van der Waals surface area contributed by atoms with Gasteiger partial charge in [-0.1, -0.05) is 0 Å². The van der Waals surface area contributed by atoms with Crippen LogP contribution < -0.4 is 9.64 Å². The lowest BCUT2D eigenvalue weighted by molar-refractivity contribution is -0.385. The van der Waals surface area contributed by atoms with Gasteiger partial charge in [0.25, 0.3) is 11.4 Å². The molecule has 26 heavy (non-hydrogen) atoms. The highest BCUT2D eigenvalue weighted by Gasteiger charge is 2.58. The van der Waals surface area contributed by atoms with Crippen LogP contribution in [0.1, 0.15) is 31.9 Å². The molecule has 0 aromatic heterocycles. The van der Waals surface area contributed by atoms with Gasteiger partial charge in [0.1, 0.15) is 5.75 Å².